The maximum atomic E-state index is 13.0. The van der Waals surface area contributed by atoms with E-state index in [4.69, 9.17) is 4.84 Å². The second kappa shape index (κ2) is 9.62. The van der Waals surface area contributed by atoms with Crippen molar-refractivity contribution < 1.29 is 22.8 Å². The van der Waals surface area contributed by atoms with E-state index in [9.17, 15) is 18.0 Å². The lowest BCUT2D eigenvalue weighted by Crippen LogP contribution is -2.43. The Morgan fingerprint density at radius 3 is 2.38 bits per heavy atom. The fraction of sp³-hybridized carbons (Fsp3) is 0.385. The molecule has 0 atom stereocenters. The molecule has 0 bridgehead atoms. The predicted molar refractivity (Wildman–Crippen MR) is 123 cm³/mol. The summed E-state index contributed by atoms with van der Waals surface area (Å²) in [5.74, 6) is -1.40. The van der Waals surface area contributed by atoms with Crippen LogP contribution in [0.25, 0.3) is 22.5 Å². The molecule has 1 aliphatic carbocycles. The molecule has 3 aromatic rings. The summed E-state index contributed by atoms with van der Waals surface area (Å²) in [6.45, 7) is 4.39. The van der Waals surface area contributed by atoms with Gasteiger partial charge in [0, 0.05) is 24.0 Å². The first-order valence-corrected chi connectivity index (χ1v) is 11.4. The number of nitrogens with one attached hydrogen (secondary N) is 1. The number of imidazole rings is 1. The van der Waals surface area contributed by atoms with Crippen LogP contribution in [0, 0.1) is 5.41 Å². The van der Waals surface area contributed by atoms with Crippen molar-refractivity contribution in [2.45, 2.75) is 58.3 Å². The van der Waals surface area contributed by atoms with Crippen molar-refractivity contribution in [2.24, 2.45) is 5.41 Å². The van der Waals surface area contributed by atoms with Crippen molar-refractivity contribution in [1.82, 2.24) is 15.0 Å². The van der Waals surface area contributed by atoms with Gasteiger partial charge in [0.2, 0.25) is 0 Å². The summed E-state index contributed by atoms with van der Waals surface area (Å²) in [5, 5.41) is 1.23. The Balaban J connectivity index is 1.53. The van der Waals surface area contributed by atoms with E-state index < -0.39 is 12.1 Å². The van der Waals surface area contributed by atoms with Gasteiger partial charge in [-0.3, -0.25) is 0 Å². The van der Waals surface area contributed by atoms with E-state index in [-0.39, 0.29) is 18.0 Å². The minimum Gasteiger partial charge on any atom is -0.360 e. The second-order valence-electron chi connectivity index (χ2n) is 9.56. The van der Waals surface area contributed by atoms with Gasteiger partial charge >= 0.3 is 12.1 Å². The number of carbonyl (C=O) groups is 1. The molecule has 1 heterocycles. The zero-order chi connectivity index (χ0) is 24.3. The molecule has 0 spiro atoms. The molecule has 5 nitrogen and oxygen atoms in total. The van der Waals surface area contributed by atoms with Gasteiger partial charge in [-0.2, -0.15) is 13.2 Å². The van der Waals surface area contributed by atoms with Crippen LogP contribution >= 0.6 is 0 Å². The third kappa shape index (κ3) is 5.86. The van der Waals surface area contributed by atoms with Crippen molar-refractivity contribution in [2.75, 3.05) is 0 Å². The monoisotopic (exact) mass is 471 g/mol. The summed E-state index contributed by atoms with van der Waals surface area (Å²) in [6.07, 6.45) is 1.48. The lowest BCUT2D eigenvalue weighted by Gasteiger charge is -2.39. The molecule has 1 aromatic heterocycles. The third-order valence-corrected chi connectivity index (χ3v) is 6.40. The number of rotatable bonds is 6. The van der Waals surface area contributed by atoms with E-state index >= 15 is 0 Å². The van der Waals surface area contributed by atoms with Crippen LogP contribution in [0.4, 0.5) is 13.2 Å². The predicted octanol–water partition coefficient (Wildman–Crippen LogP) is 6.54. The van der Waals surface area contributed by atoms with Crippen molar-refractivity contribution in [3.8, 4) is 22.5 Å². The Kier molecular flexibility index (Phi) is 6.79. The quantitative estimate of drug-likeness (QED) is 0.415. The van der Waals surface area contributed by atoms with E-state index in [0.29, 0.717) is 12.8 Å². The number of hydrogen-bond donors (Lipinski definition) is 1. The van der Waals surface area contributed by atoms with Gasteiger partial charge in [-0.25, -0.2) is 9.78 Å². The largest absolute Gasteiger partial charge is 0.492 e. The molecule has 0 saturated heterocycles. The Hall–Kier alpha value is -3.13. The molecule has 1 aliphatic rings. The summed E-state index contributed by atoms with van der Waals surface area (Å²) in [7, 11) is 0. The summed E-state index contributed by atoms with van der Waals surface area (Å²) in [6, 6.07) is 15.2. The molecule has 0 unspecified atom stereocenters. The number of hydrogen-bond acceptors (Lipinski definition) is 4. The number of aromatic nitrogens is 2. The number of halogens is 3. The number of benzene rings is 2. The van der Waals surface area contributed by atoms with Crippen molar-refractivity contribution in [3.63, 3.8) is 0 Å². The summed E-state index contributed by atoms with van der Waals surface area (Å²) in [4.78, 5) is 23.9. The summed E-state index contributed by atoms with van der Waals surface area (Å²) < 4.78 is 38.9. The van der Waals surface area contributed by atoms with Gasteiger partial charge in [0.25, 0.3) is 0 Å². The number of hydroxylamine groups is 2. The number of carbonyl (C=O) groups excluding carboxylic acids is 1. The van der Waals surface area contributed by atoms with E-state index in [1.807, 2.05) is 48.5 Å². The smallest absolute Gasteiger partial charge is 0.360 e. The third-order valence-electron chi connectivity index (χ3n) is 6.40. The van der Waals surface area contributed by atoms with Crippen LogP contribution in [0.15, 0.2) is 60.9 Å². The van der Waals surface area contributed by atoms with Gasteiger partial charge < -0.3 is 9.82 Å². The zero-order valence-electron chi connectivity index (χ0n) is 19.2. The van der Waals surface area contributed by atoms with Crippen LogP contribution in [0.5, 0.6) is 0 Å². The number of alkyl halides is 3. The Morgan fingerprint density at radius 1 is 1.09 bits per heavy atom. The Morgan fingerprint density at radius 2 is 1.76 bits per heavy atom. The molecule has 34 heavy (non-hydrogen) atoms. The highest BCUT2D eigenvalue weighted by Crippen LogP contribution is 2.38. The molecule has 1 fully saturated rings. The van der Waals surface area contributed by atoms with E-state index in [1.165, 1.54) is 5.06 Å². The first-order chi connectivity index (χ1) is 16.1. The fourth-order valence-electron chi connectivity index (χ4n) is 4.34. The first-order valence-electron chi connectivity index (χ1n) is 11.4. The van der Waals surface area contributed by atoms with E-state index in [0.717, 1.165) is 40.9 Å². The molecule has 180 valence electrons. The highest BCUT2D eigenvalue weighted by molar-refractivity contribution is 5.75. The average Bonchev–Trinajstić information content (AvgIpc) is 3.33. The summed E-state index contributed by atoms with van der Waals surface area (Å²) in [5.41, 5.74) is 3.76. The van der Waals surface area contributed by atoms with Crippen molar-refractivity contribution >= 4 is 5.97 Å². The summed E-state index contributed by atoms with van der Waals surface area (Å²) >= 11 is 0. The standard InChI is InChI=1S/C26H28F3N3O2/c1-25(2)12-10-22(11-13-25)32(34-24(33)26(27,28)29)17-18-4-3-5-21(16-18)19-6-8-20(9-7-19)23-30-14-15-31-23/h3-9,14-16,22H,10-13,17H2,1-2H3,(H,30,31). The Labute approximate surface area is 196 Å². The van der Waals surface area contributed by atoms with Gasteiger partial charge in [0.05, 0.1) is 6.54 Å². The average molecular weight is 472 g/mol. The molecule has 1 N–H and O–H groups in total. The minimum atomic E-state index is -5.04. The molecule has 0 aliphatic heterocycles. The van der Waals surface area contributed by atoms with Crippen LogP contribution in [0.2, 0.25) is 0 Å². The number of aromatic amines is 1. The van der Waals surface area contributed by atoms with Crippen molar-refractivity contribution in [1.29, 1.82) is 0 Å². The molecular weight excluding hydrogens is 443 g/mol. The van der Waals surface area contributed by atoms with Crippen LogP contribution in [0.3, 0.4) is 0 Å². The molecule has 2 aromatic carbocycles. The highest BCUT2D eigenvalue weighted by atomic mass is 19.4. The molecule has 0 amide bonds. The van der Waals surface area contributed by atoms with Gasteiger partial charge in [-0.15, -0.1) is 5.06 Å². The van der Waals surface area contributed by atoms with E-state index in [2.05, 4.69) is 23.8 Å². The van der Waals surface area contributed by atoms with Gasteiger partial charge in [-0.1, -0.05) is 56.3 Å². The topological polar surface area (TPSA) is 58.2 Å². The molecule has 1 saturated carbocycles. The Bertz CT molecular complexity index is 1100. The van der Waals surface area contributed by atoms with Gasteiger partial charge in [0.15, 0.2) is 0 Å². The highest BCUT2D eigenvalue weighted by Gasteiger charge is 2.44. The molecular formula is C26H28F3N3O2. The van der Waals surface area contributed by atoms with Crippen LogP contribution in [-0.2, 0) is 16.2 Å². The molecule has 0 radical (unpaired) electrons. The maximum Gasteiger partial charge on any atom is 0.492 e. The zero-order valence-corrected chi connectivity index (χ0v) is 19.2. The second-order valence-corrected chi connectivity index (χ2v) is 9.56. The van der Waals surface area contributed by atoms with E-state index in [1.54, 1.807) is 12.4 Å². The number of nitrogens with zero attached hydrogens (tertiary/aromatic N) is 2. The van der Waals surface area contributed by atoms with Crippen LogP contribution in [0.1, 0.15) is 45.1 Å². The SMILES string of the molecule is CC1(C)CCC(N(Cc2cccc(-c3ccc(-c4ncc[nH]4)cc3)c2)OC(=O)C(F)(F)F)CC1. The van der Waals surface area contributed by atoms with Gasteiger partial charge in [0.1, 0.15) is 5.82 Å². The van der Waals surface area contributed by atoms with Gasteiger partial charge in [-0.05, 0) is 53.9 Å². The molecule has 4 rings (SSSR count). The lowest BCUT2D eigenvalue weighted by atomic mass is 9.75. The number of H-pyrrole nitrogens is 1. The first kappa shape index (κ1) is 24.0. The maximum absolute atomic E-state index is 13.0. The van der Waals surface area contributed by atoms with Crippen LogP contribution < -0.4 is 0 Å². The van der Waals surface area contributed by atoms with Crippen molar-refractivity contribution in [3.05, 3.63) is 66.5 Å². The minimum absolute atomic E-state index is 0.0885. The lowest BCUT2D eigenvalue weighted by molar-refractivity contribution is -0.252. The molecule has 8 heteroatoms. The fourth-order valence-corrected chi connectivity index (χ4v) is 4.34. The normalized spacial score (nSPS) is 16.5. The van der Waals surface area contributed by atoms with Crippen LogP contribution in [-0.4, -0.2) is 33.2 Å².